The van der Waals surface area contributed by atoms with Gasteiger partial charge in [-0.3, -0.25) is 19.1 Å². The van der Waals surface area contributed by atoms with Crippen LogP contribution in [0.3, 0.4) is 0 Å². The average molecular weight is 836 g/mol. The minimum atomic E-state index is -4.91. The lowest BCUT2D eigenvalue weighted by Gasteiger charge is -2.34. The second-order valence-corrected chi connectivity index (χ2v) is 18.9. The third-order valence-electron chi connectivity index (χ3n) is 11.3. The number of alkyl carbamates (subject to hydrolysis) is 1. The summed E-state index contributed by atoms with van der Waals surface area (Å²) < 4.78 is 86.1. The number of carbonyl (C=O) groups is 4. The van der Waals surface area contributed by atoms with Crippen LogP contribution in [0.1, 0.15) is 86.5 Å². The monoisotopic (exact) mass is 835 g/mol. The van der Waals surface area contributed by atoms with Crippen molar-refractivity contribution < 1.29 is 55.0 Å². The van der Waals surface area contributed by atoms with Crippen molar-refractivity contribution >= 4 is 44.6 Å². The van der Waals surface area contributed by atoms with Gasteiger partial charge in [-0.1, -0.05) is 26.0 Å². The maximum Gasteiger partial charge on any atom is 0.427 e. The summed E-state index contributed by atoms with van der Waals surface area (Å²) in [6.07, 6.45) is 0.254. The molecule has 3 heterocycles. The number of nitrogens with one attached hydrogen (secondary N) is 3. The van der Waals surface area contributed by atoms with Crippen molar-refractivity contribution in [3.05, 3.63) is 42.6 Å². The molecule has 3 fully saturated rings. The highest BCUT2D eigenvalue weighted by Gasteiger charge is 2.62. The Labute approximate surface area is 336 Å². The third-order valence-corrected chi connectivity index (χ3v) is 13.1. The molecule has 0 spiro atoms. The first-order chi connectivity index (χ1) is 27.1. The third kappa shape index (κ3) is 9.47. The molecule has 7 atom stereocenters. The number of alkyl halides is 3. The molecular formula is C40H52F3N5O9S. The Morgan fingerprint density at radius 1 is 1.07 bits per heavy atom. The molecule has 1 aromatic carbocycles. The molecule has 14 nitrogen and oxygen atoms in total. The number of sulfonamides is 1. The minimum Gasteiger partial charge on any atom is -0.491 e. The van der Waals surface area contributed by atoms with Gasteiger partial charge in [0.1, 0.15) is 29.5 Å². The van der Waals surface area contributed by atoms with Crippen LogP contribution in [0.25, 0.3) is 10.8 Å². The van der Waals surface area contributed by atoms with E-state index in [1.165, 1.54) is 4.90 Å². The first kappa shape index (κ1) is 43.0. The van der Waals surface area contributed by atoms with Crippen molar-refractivity contribution in [2.24, 2.45) is 17.8 Å². The molecule has 4 amide bonds. The molecular weight excluding hydrogens is 784 g/mol. The van der Waals surface area contributed by atoms with E-state index in [0.717, 1.165) is 5.39 Å². The second-order valence-electron chi connectivity index (χ2n) is 16.9. The summed E-state index contributed by atoms with van der Waals surface area (Å²) in [4.78, 5) is 61.7. The predicted molar refractivity (Wildman–Crippen MR) is 206 cm³/mol. The van der Waals surface area contributed by atoms with Gasteiger partial charge in [0, 0.05) is 23.9 Å². The van der Waals surface area contributed by atoms with Crippen molar-refractivity contribution in [2.45, 2.75) is 133 Å². The molecule has 18 heteroatoms. The fraction of sp³-hybridized carbons (Fsp3) is 0.625. The normalized spacial score (nSPS) is 28.4. The molecule has 4 aliphatic rings. The van der Waals surface area contributed by atoms with Gasteiger partial charge in [0.15, 0.2) is 0 Å². The smallest absolute Gasteiger partial charge is 0.427 e. The lowest BCUT2D eigenvalue weighted by molar-refractivity contribution is -0.244. The highest BCUT2D eigenvalue weighted by Crippen LogP contribution is 2.46. The standard InChI is InChI=1S/C40H52F3N5O9S/c1-22(2)55-27-11-14-30-25(18-27)15-16-44-34(30)56-28-19-31-33(49)46-39(36(51)47-58(53,54)29-12-13-29)20-26(39)10-8-7-9-23(3)17-24(4)32(35(50)48(31)21-28)45-37(52)57-38(5,6)40(41,42)43/h8,10-11,14-16,18,22-24,26,28-29,31-32H,7,9,12-13,17,19-21H2,1-6H3,(H,45,52)(H,46,49)(H,47,51). The molecule has 2 aliphatic heterocycles. The van der Waals surface area contributed by atoms with E-state index >= 15 is 0 Å². The van der Waals surface area contributed by atoms with E-state index in [4.69, 9.17) is 14.2 Å². The SMILES string of the molecule is CC1CCC=CC2CC2(C(=O)NS(=O)(=O)C2CC2)NC(=O)C2CC(Oc3nccc4cc(OC(C)C)ccc34)CN2C(=O)C(NC(=O)OC(C)(C)C(F)(F)F)C(C)C1. The number of amides is 4. The summed E-state index contributed by atoms with van der Waals surface area (Å²) in [5, 5.41) is 5.85. The number of fused-ring (bicyclic) bond motifs is 3. The number of allylic oxidation sites excluding steroid dienone is 1. The summed E-state index contributed by atoms with van der Waals surface area (Å²) in [6.45, 7) is 8.61. The Balaban J connectivity index is 1.34. The zero-order valence-corrected chi connectivity index (χ0v) is 34.2. The van der Waals surface area contributed by atoms with Crippen LogP contribution < -0.4 is 24.8 Å². The van der Waals surface area contributed by atoms with Crippen molar-refractivity contribution in [1.82, 2.24) is 25.2 Å². The van der Waals surface area contributed by atoms with Gasteiger partial charge in [-0.2, -0.15) is 13.2 Å². The van der Waals surface area contributed by atoms with Gasteiger partial charge < -0.3 is 29.7 Å². The van der Waals surface area contributed by atoms with Crippen LogP contribution in [0.4, 0.5) is 18.0 Å². The van der Waals surface area contributed by atoms with Crippen LogP contribution in [-0.2, 0) is 29.1 Å². The maximum atomic E-state index is 14.7. The molecule has 0 radical (unpaired) electrons. The molecule has 6 rings (SSSR count). The fourth-order valence-corrected chi connectivity index (χ4v) is 9.03. The zero-order valence-electron chi connectivity index (χ0n) is 33.4. The average Bonchev–Trinajstić information content (AvgIpc) is 4.04. The van der Waals surface area contributed by atoms with Gasteiger partial charge in [0.25, 0.3) is 5.91 Å². The number of halogens is 3. The van der Waals surface area contributed by atoms with Gasteiger partial charge in [-0.05, 0) is 108 Å². The van der Waals surface area contributed by atoms with E-state index < -0.39 is 86.4 Å². The van der Waals surface area contributed by atoms with Crippen molar-refractivity contribution in [3.8, 4) is 11.6 Å². The first-order valence-corrected chi connectivity index (χ1v) is 21.3. The number of carbonyl (C=O) groups excluding carboxylic acids is 4. The summed E-state index contributed by atoms with van der Waals surface area (Å²) in [6, 6.07) is 4.40. The molecule has 318 valence electrons. The Morgan fingerprint density at radius 2 is 1.79 bits per heavy atom. The molecule has 7 unspecified atom stereocenters. The first-order valence-electron chi connectivity index (χ1n) is 19.7. The Kier molecular flexibility index (Phi) is 12.0. The van der Waals surface area contributed by atoms with Crippen LogP contribution in [0.15, 0.2) is 42.6 Å². The van der Waals surface area contributed by atoms with E-state index in [1.54, 1.807) is 37.4 Å². The predicted octanol–water partition coefficient (Wildman–Crippen LogP) is 5.30. The highest BCUT2D eigenvalue weighted by atomic mass is 32.2. The largest absolute Gasteiger partial charge is 0.491 e. The van der Waals surface area contributed by atoms with E-state index in [-0.39, 0.29) is 37.3 Å². The van der Waals surface area contributed by atoms with Crippen LogP contribution in [0.5, 0.6) is 11.6 Å². The minimum absolute atomic E-state index is 0.0328. The molecule has 2 aliphatic carbocycles. The number of ether oxygens (including phenoxy) is 3. The van der Waals surface area contributed by atoms with Crippen LogP contribution in [0.2, 0.25) is 0 Å². The van der Waals surface area contributed by atoms with Crippen LogP contribution >= 0.6 is 0 Å². The van der Waals surface area contributed by atoms with Gasteiger partial charge in [-0.15, -0.1) is 0 Å². The maximum absolute atomic E-state index is 14.7. The zero-order chi connectivity index (χ0) is 42.4. The van der Waals surface area contributed by atoms with Gasteiger partial charge >= 0.3 is 12.3 Å². The van der Waals surface area contributed by atoms with E-state index in [0.29, 0.717) is 57.1 Å². The number of hydrogen-bond donors (Lipinski definition) is 3. The number of nitrogens with zero attached hydrogens (tertiary/aromatic N) is 2. The summed E-state index contributed by atoms with van der Waals surface area (Å²) in [5.41, 5.74) is -4.51. The molecule has 1 aromatic heterocycles. The van der Waals surface area contributed by atoms with Gasteiger partial charge in [0.05, 0.1) is 17.9 Å². The number of hydrogen-bond acceptors (Lipinski definition) is 10. The number of rotatable bonds is 9. The molecule has 58 heavy (non-hydrogen) atoms. The molecule has 3 N–H and O–H groups in total. The van der Waals surface area contributed by atoms with Crippen LogP contribution in [0, 0.1) is 17.8 Å². The van der Waals surface area contributed by atoms with Gasteiger partial charge in [0.2, 0.25) is 33.3 Å². The van der Waals surface area contributed by atoms with E-state index in [1.807, 2.05) is 32.9 Å². The Bertz CT molecular complexity index is 2060. The second kappa shape index (κ2) is 16.2. The lowest BCUT2D eigenvalue weighted by Crippen LogP contribution is -2.59. The molecule has 2 saturated carbocycles. The lowest BCUT2D eigenvalue weighted by atomic mass is 9.88. The van der Waals surface area contributed by atoms with Gasteiger partial charge in [-0.25, -0.2) is 18.2 Å². The van der Waals surface area contributed by atoms with E-state index in [9.17, 15) is 40.8 Å². The summed E-state index contributed by atoms with van der Waals surface area (Å²) >= 11 is 0. The number of benzene rings is 1. The van der Waals surface area contributed by atoms with E-state index in [2.05, 4.69) is 20.3 Å². The van der Waals surface area contributed by atoms with Crippen molar-refractivity contribution in [2.75, 3.05) is 6.54 Å². The summed E-state index contributed by atoms with van der Waals surface area (Å²) in [7, 11) is -3.98. The van der Waals surface area contributed by atoms with Crippen molar-refractivity contribution in [1.29, 1.82) is 0 Å². The van der Waals surface area contributed by atoms with Crippen molar-refractivity contribution in [3.63, 3.8) is 0 Å². The molecule has 0 bridgehead atoms. The Hall–Kier alpha value is -4.61. The fourth-order valence-electron chi connectivity index (χ4n) is 7.67. The Morgan fingerprint density at radius 3 is 2.47 bits per heavy atom. The topological polar surface area (TPSA) is 182 Å². The highest BCUT2D eigenvalue weighted by molar-refractivity contribution is 7.91. The van der Waals surface area contributed by atoms with Crippen LogP contribution in [-0.4, -0.2) is 95.5 Å². The summed E-state index contributed by atoms with van der Waals surface area (Å²) in [5.74, 6) is -2.80. The molecule has 2 aromatic rings. The molecule has 1 saturated heterocycles. The quantitative estimate of drug-likeness (QED) is 0.281. The number of pyridine rings is 1. The number of aromatic nitrogens is 1.